The van der Waals surface area contributed by atoms with Crippen molar-refractivity contribution < 1.29 is 4.74 Å². The van der Waals surface area contributed by atoms with E-state index >= 15 is 0 Å². The van der Waals surface area contributed by atoms with Crippen LogP contribution in [0.4, 0.5) is 0 Å². The van der Waals surface area contributed by atoms with Crippen molar-refractivity contribution in [3.8, 4) is 16.9 Å². The van der Waals surface area contributed by atoms with Crippen LogP contribution >= 0.6 is 11.6 Å². The highest BCUT2D eigenvalue weighted by Gasteiger charge is 2.09. The Balaban J connectivity index is 2.66. The molecule has 0 N–H and O–H groups in total. The molecule has 0 saturated carbocycles. The molecule has 0 atom stereocenters. The lowest BCUT2D eigenvalue weighted by molar-refractivity contribution is 0.416. The summed E-state index contributed by atoms with van der Waals surface area (Å²) in [6.07, 6.45) is 0. The molecule has 0 amide bonds. The molecule has 0 heterocycles. The summed E-state index contributed by atoms with van der Waals surface area (Å²) < 4.78 is 5.39. The van der Waals surface area contributed by atoms with Crippen LogP contribution in [0.1, 0.15) is 11.1 Å². The summed E-state index contributed by atoms with van der Waals surface area (Å²) in [5, 5.41) is 0.724. The highest BCUT2D eigenvalue weighted by Crippen LogP contribution is 2.34. The number of methoxy groups -OCH3 is 1. The molecule has 0 aromatic heterocycles. The van der Waals surface area contributed by atoms with E-state index in [-0.39, 0.29) is 0 Å². The zero-order valence-electron chi connectivity index (χ0n) is 10.3. The quantitative estimate of drug-likeness (QED) is 0.751. The third kappa shape index (κ3) is 2.45. The number of aryl methyl sites for hydroxylation is 2. The topological polar surface area (TPSA) is 9.23 Å². The Labute approximate surface area is 107 Å². The number of rotatable bonds is 2. The Morgan fingerprint density at radius 3 is 2.41 bits per heavy atom. The summed E-state index contributed by atoms with van der Waals surface area (Å²) in [5.41, 5.74) is 4.66. The molecule has 1 nitrogen and oxygen atoms in total. The molecular weight excluding hydrogens is 232 g/mol. The van der Waals surface area contributed by atoms with Gasteiger partial charge in [-0.15, -0.1) is 0 Å². The van der Waals surface area contributed by atoms with E-state index in [1.165, 1.54) is 16.7 Å². The zero-order chi connectivity index (χ0) is 12.4. The average Bonchev–Trinajstić information content (AvgIpc) is 2.32. The summed E-state index contributed by atoms with van der Waals surface area (Å²) in [7, 11) is 1.68. The van der Waals surface area contributed by atoms with Gasteiger partial charge in [0.2, 0.25) is 0 Å². The van der Waals surface area contributed by atoms with Crippen molar-refractivity contribution in [1.82, 2.24) is 0 Å². The van der Waals surface area contributed by atoms with Gasteiger partial charge in [0.15, 0.2) is 0 Å². The predicted octanol–water partition coefficient (Wildman–Crippen LogP) is 4.63. The Kier molecular flexibility index (Phi) is 3.39. The van der Waals surface area contributed by atoms with Crippen molar-refractivity contribution in [2.45, 2.75) is 13.8 Å². The minimum absolute atomic E-state index is 0.724. The highest BCUT2D eigenvalue weighted by molar-refractivity contribution is 6.31. The van der Waals surface area contributed by atoms with Gasteiger partial charge < -0.3 is 4.74 Å². The molecule has 17 heavy (non-hydrogen) atoms. The Morgan fingerprint density at radius 1 is 0.941 bits per heavy atom. The van der Waals surface area contributed by atoms with Gasteiger partial charge in [-0.25, -0.2) is 0 Å². The number of hydrogen-bond acceptors (Lipinski definition) is 1. The monoisotopic (exact) mass is 246 g/mol. The molecule has 0 bridgehead atoms. The lowest BCUT2D eigenvalue weighted by Crippen LogP contribution is -1.90. The summed E-state index contributed by atoms with van der Waals surface area (Å²) in [6.45, 7) is 4.18. The van der Waals surface area contributed by atoms with E-state index in [4.69, 9.17) is 16.3 Å². The fourth-order valence-electron chi connectivity index (χ4n) is 1.92. The van der Waals surface area contributed by atoms with E-state index in [2.05, 4.69) is 32.0 Å². The molecule has 0 radical (unpaired) electrons. The van der Waals surface area contributed by atoms with Crippen molar-refractivity contribution in [1.29, 1.82) is 0 Å². The molecule has 0 aliphatic carbocycles. The summed E-state index contributed by atoms with van der Waals surface area (Å²) in [4.78, 5) is 0. The van der Waals surface area contributed by atoms with Crippen LogP contribution in [0, 0.1) is 13.8 Å². The Morgan fingerprint density at radius 2 is 1.71 bits per heavy atom. The Bertz CT molecular complexity index is 547. The van der Waals surface area contributed by atoms with Gasteiger partial charge in [-0.3, -0.25) is 0 Å². The molecule has 0 unspecified atom stereocenters. The smallest absolute Gasteiger partial charge is 0.126 e. The van der Waals surface area contributed by atoms with Gasteiger partial charge in [-0.05, 0) is 43.2 Å². The van der Waals surface area contributed by atoms with Gasteiger partial charge in [0, 0.05) is 10.6 Å². The van der Waals surface area contributed by atoms with Crippen molar-refractivity contribution in [3.63, 3.8) is 0 Å². The van der Waals surface area contributed by atoms with Crippen molar-refractivity contribution in [2.24, 2.45) is 0 Å². The maximum Gasteiger partial charge on any atom is 0.126 e. The van der Waals surface area contributed by atoms with Crippen LogP contribution in [0.3, 0.4) is 0 Å². The summed E-state index contributed by atoms with van der Waals surface area (Å²) in [6, 6.07) is 12.1. The third-order valence-corrected chi connectivity index (χ3v) is 3.08. The van der Waals surface area contributed by atoms with Crippen molar-refractivity contribution in [2.75, 3.05) is 7.11 Å². The maximum atomic E-state index is 6.06. The van der Waals surface area contributed by atoms with Crippen LogP contribution in [0.2, 0.25) is 5.02 Å². The standard InChI is InChI=1S/C15H15ClO/c1-10-4-5-11(2)13(8-10)14-9-12(16)6-7-15(14)17-3/h4-9H,1-3H3. The average molecular weight is 247 g/mol. The molecule has 0 saturated heterocycles. The predicted molar refractivity (Wildman–Crippen MR) is 72.9 cm³/mol. The third-order valence-electron chi connectivity index (χ3n) is 2.84. The zero-order valence-corrected chi connectivity index (χ0v) is 11.0. The van der Waals surface area contributed by atoms with E-state index in [9.17, 15) is 0 Å². The normalized spacial score (nSPS) is 10.4. The van der Waals surface area contributed by atoms with Crippen LogP contribution in [0.5, 0.6) is 5.75 Å². The van der Waals surface area contributed by atoms with Gasteiger partial charge in [0.25, 0.3) is 0 Å². The fourth-order valence-corrected chi connectivity index (χ4v) is 2.09. The highest BCUT2D eigenvalue weighted by atomic mass is 35.5. The molecule has 0 spiro atoms. The largest absolute Gasteiger partial charge is 0.496 e. The molecule has 0 aliphatic rings. The number of ether oxygens (including phenoxy) is 1. The number of halogens is 1. The summed E-state index contributed by atoms with van der Waals surface area (Å²) in [5.74, 6) is 0.850. The first-order valence-corrected chi connectivity index (χ1v) is 5.91. The second-order valence-corrected chi connectivity index (χ2v) is 4.60. The molecule has 2 rings (SSSR count). The minimum atomic E-state index is 0.724. The summed E-state index contributed by atoms with van der Waals surface area (Å²) >= 11 is 6.06. The van der Waals surface area contributed by atoms with Gasteiger partial charge in [-0.1, -0.05) is 35.4 Å². The Hall–Kier alpha value is -1.47. The van der Waals surface area contributed by atoms with E-state index in [1.54, 1.807) is 7.11 Å². The molecule has 0 fully saturated rings. The SMILES string of the molecule is COc1ccc(Cl)cc1-c1cc(C)ccc1C. The number of benzene rings is 2. The lowest BCUT2D eigenvalue weighted by atomic mass is 9.98. The van der Waals surface area contributed by atoms with E-state index in [0.29, 0.717) is 0 Å². The van der Waals surface area contributed by atoms with Crippen LogP contribution in [0.25, 0.3) is 11.1 Å². The van der Waals surface area contributed by atoms with Gasteiger partial charge in [0.1, 0.15) is 5.75 Å². The minimum Gasteiger partial charge on any atom is -0.496 e. The fraction of sp³-hybridized carbons (Fsp3) is 0.200. The first-order chi connectivity index (χ1) is 8.11. The van der Waals surface area contributed by atoms with Crippen LogP contribution < -0.4 is 4.74 Å². The van der Waals surface area contributed by atoms with Crippen molar-refractivity contribution >= 4 is 11.6 Å². The number of hydrogen-bond donors (Lipinski definition) is 0. The first-order valence-electron chi connectivity index (χ1n) is 5.53. The molecule has 0 aliphatic heterocycles. The van der Waals surface area contributed by atoms with Crippen LogP contribution in [-0.2, 0) is 0 Å². The van der Waals surface area contributed by atoms with E-state index in [1.807, 2.05) is 18.2 Å². The molecule has 2 aromatic rings. The van der Waals surface area contributed by atoms with Gasteiger partial charge in [0.05, 0.1) is 7.11 Å². The second-order valence-electron chi connectivity index (χ2n) is 4.16. The van der Waals surface area contributed by atoms with E-state index < -0.39 is 0 Å². The van der Waals surface area contributed by atoms with Gasteiger partial charge >= 0.3 is 0 Å². The second kappa shape index (κ2) is 4.80. The molecule has 2 heteroatoms. The lowest BCUT2D eigenvalue weighted by Gasteiger charge is -2.12. The van der Waals surface area contributed by atoms with E-state index in [0.717, 1.165) is 16.3 Å². The van der Waals surface area contributed by atoms with Crippen LogP contribution in [-0.4, -0.2) is 7.11 Å². The first kappa shape index (κ1) is 12.0. The van der Waals surface area contributed by atoms with Crippen molar-refractivity contribution in [3.05, 3.63) is 52.5 Å². The van der Waals surface area contributed by atoms with Gasteiger partial charge in [-0.2, -0.15) is 0 Å². The maximum absolute atomic E-state index is 6.06. The molecule has 88 valence electrons. The molecular formula is C15H15ClO. The molecule has 2 aromatic carbocycles. The van der Waals surface area contributed by atoms with Crippen LogP contribution in [0.15, 0.2) is 36.4 Å².